The fourth-order valence-electron chi connectivity index (χ4n) is 3.75. The number of hydrogen-bond acceptors (Lipinski definition) is 3. The number of hydrogen-bond donors (Lipinski definition) is 0. The van der Waals surface area contributed by atoms with Crippen LogP contribution in [0, 0.1) is 6.92 Å². The number of alkyl halides is 6. The molecule has 0 radical (unpaired) electrons. The Kier molecular flexibility index (Phi) is 5.43. The molecule has 4 rings (SSSR count). The van der Waals surface area contributed by atoms with Crippen LogP contribution in [0.2, 0.25) is 0 Å². The maximum atomic E-state index is 14.9. The van der Waals surface area contributed by atoms with Crippen molar-refractivity contribution in [2.24, 2.45) is 0 Å². The number of Topliss-reactive ketones (excluding diaryl/α,β-unsaturated/α-hetero) is 1. The zero-order valence-corrected chi connectivity index (χ0v) is 18.1. The summed E-state index contributed by atoms with van der Waals surface area (Å²) in [5.74, 6) is -17.8. The van der Waals surface area contributed by atoms with E-state index in [-0.39, 0.29) is 10.6 Å². The minimum Gasteiger partial charge on any atom is -0.497 e. The molecule has 33 heavy (non-hydrogen) atoms. The smallest absolute Gasteiger partial charge is 0.380 e. The minimum atomic E-state index is -5.78. The lowest BCUT2D eigenvalue weighted by Crippen LogP contribution is -2.49. The molecular weight excluding hydrogens is 466 g/mol. The van der Waals surface area contributed by atoms with Crippen molar-refractivity contribution in [3.05, 3.63) is 82.2 Å². The first kappa shape index (κ1) is 23.1. The van der Waals surface area contributed by atoms with Crippen molar-refractivity contribution in [1.29, 1.82) is 0 Å². The molecule has 0 amide bonds. The maximum Gasteiger partial charge on any atom is 0.380 e. The monoisotopic (exact) mass is 482 g/mol. The third kappa shape index (κ3) is 3.37. The van der Waals surface area contributed by atoms with Crippen LogP contribution in [0.4, 0.5) is 26.3 Å². The van der Waals surface area contributed by atoms with Crippen LogP contribution in [-0.4, -0.2) is 30.7 Å². The van der Waals surface area contributed by atoms with E-state index in [0.29, 0.717) is 10.4 Å². The van der Waals surface area contributed by atoms with Crippen LogP contribution < -0.4 is 4.74 Å². The van der Waals surface area contributed by atoms with E-state index in [1.165, 1.54) is 26.2 Å². The molecule has 172 valence electrons. The summed E-state index contributed by atoms with van der Waals surface area (Å²) < 4.78 is 93.3. The maximum absolute atomic E-state index is 14.9. The van der Waals surface area contributed by atoms with E-state index in [1.54, 1.807) is 30.3 Å². The van der Waals surface area contributed by atoms with Gasteiger partial charge in [-0.15, -0.1) is 11.3 Å². The van der Waals surface area contributed by atoms with E-state index < -0.39 is 45.8 Å². The van der Waals surface area contributed by atoms with Gasteiger partial charge >= 0.3 is 17.8 Å². The van der Waals surface area contributed by atoms with Gasteiger partial charge in [0.25, 0.3) is 0 Å². The lowest BCUT2D eigenvalue weighted by atomic mass is 9.94. The van der Waals surface area contributed by atoms with Gasteiger partial charge in [0.1, 0.15) is 5.75 Å². The van der Waals surface area contributed by atoms with Crippen molar-refractivity contribution in [1.82, 2.24) is 0 Å². The van der Waals surface area contributed by atoms with E-state index in [4.69, 9.17) is 4.74 Å². The summed E-state index contributed by atoms with van der Waals surface area (Å²) in [5, 5.41) is 0. The van der Waals surface area contributed by atoms with Crippen LogP contribution in [0.1, 0.15) is 20.8 Å². The van der Waals surface area contributed by atoms with Gasteiger partial charge in [0.2, 0.25) is 0 Å². The standard InChI is InChI=1S/C24H16F6O2S/c1-13-17(12-18(33-13)14-6-4-3-5-7-14)19-20(23(27,28)24(29,30)22(19,25)26)21(31)15-8-10-16(32-2)11-9-15/h3-12H,1-2H3. The molecule has 1 aliphatic rings. The van der Waals surface area contributed by atoms with Crippen molar-refractivity contribution in [3.63, 3.8) is 0 Å². The highest BCUT2D eigenvalue weighted by molar-refractivity contribution is 7.15. The van der Waals surface area contributed by atoms with E-state index in [0.717, 1.165) is 29.5 Å². The van der Waals surface area contributed by atoms with Crippen molar-refractivity contribution in [3.8, 4) is 16.2 Å². The Labute approximate surface area is 189 Å². The topological polar surface area (TPSA) is 26.3 Å². The van der Waals surface area contributed by atoms with Crippen LogP contribution in [0.15, 0.2) is 66.2 Å². The highest BCUT2D eigenvalue weighted by Gasteiger charge is 2.81. The Morgan fingerprint density at radius 1 is 0.879 bits per heavy atom. The number of ketones is 1. The third-order valence-corrected chi connectivity index (χ3v) is 6.59. The van der Waals surface area contributed by atoms with Crippen molar-refractivity contribution in [2.45, 2.75) is 24.7 Å². The summed E-state index contributed by atoms with van der Waals surface area (Å²) in [6.07, 6.45) is 0. The van der Waals surface area contributed by atoms with Crippen LogP contribution in [0.3, 0.4) is 0 Å². The van der Waals surface area contributed by atoms with Gasteiger partial charge in [-0.1, -0.05) is 30.3 Å². The van der Waals surface area contributed by atoms with Crippen LogP contribution in [-0.2, 0) is 0 Å². The number of rotatable bonds is 5. The van der Waals surface area contributed by atoms with E-state index in [2.05, 4.69) is 0 Å². The number of thiophene rings is 1. The van der Waals surface area contributed by atoms with E-state index in [1.807, 2.05) is 0 Å². The molecule has 1 heterocycles. The number of carbonyl (C=O) groups excluding carboxylic acids is 1. The molecule has 0 fully saturated rings. The average Bonchev–Trinajstić information content (AvgIpc) is 3.21. The zero-order chi connectivity index (χ0) is 24.2. The predicted octanol–water partition coefficient (Wildman–Crippen LogP) is 7.29. The second kappa shape index (κ2) is 7.76. The summed E-state index contributed by atoms with van der Waals surface area (Å²) in [7, 11) is 1.33. The molecule has 3 aromatic rings. The van der Waals surface area contributed by atoms with Crippen molar-refractivity contribution in [2.75, 3.05) is 7.11 Å². The predicted molar refractivity (Wildman–Crippen MR) is 114 cm³/mol. The van der Waals surface area contributed by atoms with Gasteiger partial charge < -0.3 is 4.74 Å². The molecule has 0 bridgehead atoms. The quantitative estimate of drug-likeness (QED) is 0.282. The Bertz CT molecular complexity index is 1240. The number of carbonyl (C=O) groups is 1. The molecule has 0 saturated carbocycles. The number of aryl methyl sites for hydroxylation is 1. The Hall–Kier alpha value is -3.07. The Morgan fingerprint density at radius 3 is 2.06 bits per heavy atom. The molecule has 0 spiro atoms. The van der Waals surface area contributed by atoms with Crippen LogP contribution in [0.5, 0.6) is 5.75 Å². The molecule has 2 aromatic carbocycles. The molecule has 1 aliphatic carbocycles. The lowest BCUT2D eigenvalue weighted by Gasteiger charge is -2.25. The fourth-order valence-corrected chi connectivity index (χ4v) is 4.78. The summed E-state index contributed by atoms with van der Waals surface area (Å²) in [6.45, 7) is 1.36. The average molecular weight is 482 g/mol. The van der Waals surface area contributed by atoms with E-state index in [9.17, 15) is 31.1 Å². The number of halogens is 6. The molecule has 0 unspecified atom stereocenters. The van der Waals surface area contributed by atoms with Gasteiger partial charge in [-0.05, 0) is 48.4 Å². The van der Waals surface area contributed by atoms with Gasteiger partial charge in [0, 0.05) is 20.9 Å². The van der Waals surface area contributed by atoms with Crippen LogP contribution in [0.25, 0.3) is 16.0 Å². The second-order valence-corrected chi connectivity index (χ2v) is 8.73. The van der Waals surface area contributed by atoms with Crippen molar-refractivity contribution < 1.29 is 35.9 Å². The first-order chi connectivity index (χ1) is 15.4. The summed E-state index contributed by atoms with van der Waals surface area (Å²) >= 11 is 0.985. The zero-order valence-electron chi connectivity index (χ0n) is 17.3. The van der Waals surface area contributed by atoms with Gasteiger partial charge in [-0.2, -0.15) is 26.3 Å². The molecule has 9 heteroatoms. The fraction of sp³-hybridized carbons (Fsp3) is 0.208. The summed E-state index contributed by atoms with van der Waals surface area (Å²) in [5.41, 5.74) is -3.89. The molecular formula is C24H16F6O2S. The van der Waals surface area contributed by atoms with Crippen LogP contribution >= 0.6 is 11.3 Å². The summed E-state index contributed by atoms with van der Waals surface area (Å²) in [6, 6.07) is 14.2. The third-order valence-electron chi connectivity index (χ3n) is 5.49. The van der Waals surface area contributed by atoms with Gasteiger partial charge in [-0.25, -0.2) is 0 Å². The number of methoxy groups -OCH3 is 1. The van der Waals surface area contributed by atoms with Gasteiger partial charge in [0.05, 0.1) is 12.7 Å². The Balaban J connectivity index is 1.96. The van der Waals surface area contributed by atoms with Crippen molar-refractivity contribution >= 4 is 22.7 Å². The summed E-state index contributed by atoms with van der Waals surface area (Å²) in [4.78, 5) is 13.5. The molecule has 0 saturated heterocycles. The van der Waals surface area contributed by atoms with Gasteiger partial charge in [-0.3, -0.25) is 4.79 Å². The molecule has 0 aliphatic heterocycles. The second-order valence-electron chi connectivity index (χ2n) is 7.48. The Morgan fingerprint density at radius 2 is 1.48 bits per heavy atom. The molecule has 2 nitrogen and oxygen atoms in total. The molecule has 1 aromatic heterocycles. The highest BCUT2D eigenvalue weighted by atomic mass is 32.1. The normalized spacial score (nSPS) is 18.4. The van der Waals surface area contributed by atoms with Gasteiger partial charge in [0.15, 0.2) is 5.78 Å². The minimum absolute atomic E-state index is 0.108. The largest absolute Gasteiger partial charge is 0.497 e. The molecule has 0 N–H and O–H groups in total. The first-order valence-corrected chi connectivity index (χ1v) is 10.5. The number of allylic oxidation sites excluding steroid dienone is 2. The number of ether oxygens (including phenoxy) is 1. The molecule has 0 atom stereocenters. The lowest BCUT2D eigenvalue weighted by molar-refractivity contribution is -0.259. The number of benzene rings is 2. The SMILES string of the molecule is COc1ccc(C(=O)C2=C(c3cc(-c4ccccc4)sc3C)C(F)(F)C(F)(F)C2(F)F)cc1. The van der Waals surface area contributed by atoms with E-state index >= 15 is 0 Å². The highest BCUT2D eigenvalue weighted by Crippen LogP contribution is 2.63. The first-order valence-electron chi connectivity index (χ1n) is 9.67.